The Morgan fingerprint density at radius 3 is 2.46 bits per heavy atom. The van der Waals surface area contributed by atoms with E-state index in [1.54, 1.807) is 0 Å². The highest BCUT2D eigenvalue weighted by atomic mass is 32.3. The first-order chi connectivity index (χ1) is 5.98. The Bertz CT molecular complexity index is 244. The Hall–Kier alpha value is -0.660. The van der Waals surface area contributed by atoms with Crippen molar-refractivity contribution in [3.05, 3.63) is 0 Å². The molecule has 0 bridgehead atoms. The van der Waals surface area contributed by atoms with Gasteiger partial charge in [0.2, 0.25) is 0 Å². The molecule has 0 aliphatic carbocycles. The fraction of sp³-hybridized carbons (Fsp3) is 0.833. The summed E-state index contributed by atoms with van der Waals surface area (Å²) in [7, 11) is -4.19. The van der Waals surface area contributed by atoms with Crippen molar-refractivity contribution >= 4 is 16.4 Å². The topological polar surface area (TPSA) is 89.9 Å². The average Bonchev–Trinajstić information content (AvgIpc) is 1.95. The van der Waals surface area contributed by atoms with Crippen molar-refractivity contribution in [2.24, 2.45) is 0 Å². The molecule has 0 aliphatic heterocycles. The normalized spacial score (nSPS) is 11.2. The second-order valence-electron chi connectivity index (χ2n) is 2.24. The third-order valence-electron chi connectivity index (χ3n) is 1.000. The quantitative estimate of drug-likeness (QED) is 0.601. The van der Waals surface area contributed by atoms with E-state index in [9.17, 15) is 13.2 Å². The maximum atomic E-state index is 10.7. The number of carbonyl (C=O) groups excluding carboxylic acids is 1. The molecule has 13 heavy (non-hydrogen) atoms. The number of aliphatic hydroxyl groups excluding tert-OH is 1. The van der Waals surface area contributed by atoms with Crippen molar-refractivity contribution in [3.8, 4) is 0 Å². The van der Waals surface area contributed by atoms with Gasteiger partial charge < -0.3 is 9.29 Å². The minimum Gasteiger partial charge on any atom is -0.396 e. The van der Waals surface area contributed by atoms with Crippen LogP contribution in [0.1, 0.15) is 19.8 Å². The lowest BCUT2D eigenvalue weighted by Crippen LogP contribution is -2.14. The molecule has 0 spiro atoms. The van der Waals surface area contributed by atoms with Crippen LogP contribution in [0.4, 0.5) is 0 Å². The molecule has 0 aromatic heterocycles. The van der Waals surface area contributed by atoms with Gasteiger partial charge in [-0.3, -0.25) is 4.79 Å². The Balaban J connectivity index is 3.71. The van der Waals surface area contributed by atoms with E-state index in [0.717, 1.165) is 6.92 Å². The standard InChI is InChI=1S/C6H12O6S/c1-6(8)12-13(9,10)11-5-3-2-4-7/h7H,2-5H2,1H3. The van der Waals surface area contributed by atoms with Crippen molar-refractivity contribution in [2.75, 3.05) is 13.2 Å². The van der Waals surface area contributed by atoms with E-state index in [1.165, 1.54) is 0 Å². The van der Waals surface area contributed by atoms with Crippen LogP contribution in [-0.4, -0.2) is 32.7 Å². The lowest BCUT2D eigenvalue weighted by Gasteiger charge is -2.02. The molecule has 0 heterocycles. The molecule has 0 saturated carbocycles. The van der Waals surface area contributed by atoms with E-state index in [-0.39, 0.29) is 13.2 Å². The van der Waals surface area contributed by atoms with Crippen LogP contribution in [0.5, 0.6) is 0 Å². The number of unbranched alkanes of at least 4 members (excludes halogenated alkanes) is 1. The first kappa shape index (κ1) is 12.3. The Labute approximate surface area is 76.8 Å². The van der Waals surface area contributed by atoms with Gasteiger partial charge in [0.15, 0.2) is 0 Å². The molecule has 0 fully saturated rings. The number of hydrogen-bond donors (Lipinski definition) is 1. The molecular weight excluding hydrogens is 200 g/mol. The maximum Gasteiger partial charge on any atom is 0.451 e. The maximum absolute atomic E-state index is 10.7. The zero-order chi connectivity index (χ0) is 10.3. The number of aliphatic hydroxyl groups is 1. The smallest absolute Gasteiger partial charge is 0.396 e. The molecule has 7 heteroatoms. The molecule has 78 valence electrons. The summed E-state index contributed by atoms with van der Waals surface area (Å²) in [5, 5.41) is 8.35. The van der Waals surface area contributed by atoms with E-state index in [1.807, 2.05) is 0 Å². The molecule has 0 atom stereocenters. The molecule has 0 aromatic rings. The lowest BCUT2D eigenvalue weighted by molar-refractivity contribution is -0.132. The summed E-state index contributed by atoms with van der Waals surface area (Å²) in [6.45, 7) is 0.835. The fourth-order valence-corrected chi connectivity index (χ4v) is 1.20. The van der Waals surface area contributed by atoms with E-state index in [4.69, 9.17) is 5.11 Å². The molecule has 0 radical (unpaired) electrons. The monoisotopic (exact) mass is 212 g/mol. The van der Waals surface area contributed by atoms with Gasteiger partial charge in [-0.25, -0.2) is 4.18 Å². The highest BCUT2D eigenvalue weighted by molar-refractivity contribution is 7.82. The molecule has 0 rings (SSSR count). The van der Waals surface area contributed by atoms with Crippen LogP contribution in [0.3, 0.4) is 0 Å². The molecule has 0 saturated heterocycles. The van der Waals surface area contributed by atoms with E-state index in [2.05, 4.69) is 8.37 Å². The predicted octanol–water partition coefficient (Wildman–Crippen LogP) is -0.417. The average molecular weight is 212 g/mol. The van der Waals surface area contributed by atoms with Gasteiger partial charge >= 0.3 is 16.4 Å². The van der Waals surface area contributed by atoms with Crippen molar-refractivity contribution < 1.29 is 26.7 Å². The number of carbonyl (C=O) groups is 1. The van der Waals surface area contributed by atoms with Crippen LogP contribution < -0.4 is 0 Å². The van der Waals surface area contributed by atoms with Gasteiger partial charge in [0.1, 0.15) is 0 Å². The Kier molecular flexibility index (Phi) is 5.60. The summed E-state index contributed by atoms with van der Waals surface area (Å²) in [6, 6.07) is 0. The van der Waals surface area contributed by atoms with Crippen molar-refractivity contribution in [2.45, 2.75) is 19.8 Å². The van der Waals surface area contributed by atoms with E-state index in [0.29, 0.717) is 12.8 Å². The van der Waals surface area contributed by atoms with Crippen LogP contribution in [0.15, 0.2) is 0 Å². The fourth-order valence-electron chi connectivity index (χ4n) is 0.543. The highest BCUT2D eigenvalue weighted by Crippen LogP contribution is 1.98. The summed E-state index contributed by atoms with van der Waals surface area (Å²) < 4.78 is 29.5. The Morgan fingerprint density at radius 2 is 2.00 bits per heavy atom. The van der Waals surface area contributed by atoms with Gasteiger partial charge in [0.25, 0.3) is 0 Å². The second kappa shape index (κ2) is 5.90. The van der Waals surface area contributed by atoms with Crippen LogP contribution in [0, 0.1) is 0 Å². The molecule has 1 N–H and O–H groups in total. The lowest BCUT2D eigenvalue weighted by atomic mass is 10.3. The third-order valence-corrected chi connectivity index (χ3v) is 1.89. The van der Waals surface area contributed by atoms with Gasteiger partial charge in [-0.1, -0.05) is 0 Å². The second-order valence-corrected chi connectivity index (χ2v) is 3.45. The molecular formula is C6H12O6S. The molecule has 0 aliphatic rings. The van der Waals surface area contributed by atoms with Crippen LogP contribution in [0.2, 0.25) is 0 Å². The largest absolute Gasteiger partial charge is 0.451 e. The van der Waals surface area contributed by atoms with Crippen LogP contribution in [0.25, 0.3) is 0 Å². The van der Waals surface area contributed by atoms with Gasteiger partial charge in [-0.15, -0.1) is 0 Å². The number of hydrogen-bond acceptors (Lipinski definition) is 6. The summed E-state index contributed by atoms with van der Waals surface area (Å²) in [4.78, 5) is 10.2. The van der Waals surface area contributed by atoms with E-state index >= 15 is 0 Å². The zero-order valence-electron chi connectivity index (χ0n) is 7.23. The van der Waals surface area contributed by atoms with Gasteiger partial charge in [-0.2, -0.15) is 8.42 Å². The SMILES string of the molecule is CC(=O)OS(=O)(=O)OCCCCO. The molecule has 0 unspecified atom stereocenters. The minimum absolute atomic E-state index is 0.0308. The molecule has 6 nitrogen and oxygen atoms in total. The molecule has 0 aromatic carbocycles. The van der Waals surface area contributed by atoms with E-state index < -0.39 is 16.4 Å². The third kappa shape index (κ3) is 7.69. The minimum atomic E-state index is -4.19. The van der Waals surface area contributed by atoms with Crippen molar-refractivity contribution in [1.82, 2.24) is 0 Å². The summed E-state index contributed by atoms with van der Waals surface area (Å²) >= 11 is 0. The van der Waals surface area contributed by atoms with Gasteiger partial charge in [-0.05, 0) is 12.8 Å². The van der Waals surface area contributed by atoms with Crippen LogP contribution in [-0.2, 0) is 23.6 Å². The zero-order valence-corrected chi connectivity index (χ0v) is 8.04. The molecule has 0 amide bonds. The first-order valence-electron chi connectivity index (χ1n) is 3.68. The Morgan fingerprint density at radius 1 is 1.38 bits per heavy atom. The first-order valence-corrected chi connectivity index (χ1v) is 5.01. The number of rotatable bonds is 6. The van der Waals surface area contributed by atoms with Crippen molar-refractivity contribution in [3.63, 3.8) is 0 Å². The summed E-state index contributed by atoms with van der Waals surface area (Å²) in [5.41, 5.74) is 0. The van der Waals surface area contributed by atoms with Gasteiger partial charge in [0.05, 0.1) is 6.61 Å². The highest BCUT2D eigenvalue weighted by Gasteiger charge is 2.14. The summed E-state index contributed by atoms with van der Waals surface area (Å²) in [6.07, 6.45) is 0.826. The van der Waals surface area contributed by atoms with Crippen LogP contribution >= 0.6 is 0 Å². The predicted molar refractivity (Wildman–Crippen MR) is 43.0 cm³/mol. The van der Waals surface area contributed by atoms with Gasteiger partial charge in [0, 0.05) is 13.5 Å². The van der Waals surface area contributed by atoms with Crippen molar-refractivity contribution in [1.29, 1.82) is 0 Å². The summed E-state index contributed by atoms with van der Waals surface area (Å²) in [5.74, 6) is -0.942.